The Labute approximate surface area is 386 Å². The average Bonchev–Trinajstić information content (AvgIpc) is 3.99. The lowest BCUT2D eigenvalue weighted by Gasteiger charge is -2.54. The molecule has 0 unspecified atom stereocenters. The first-order valence-electron chi connectivity index (χ1n) is 24.6. The minimum Gasteiger partial charge on any atom is -0.308 e. The molecule has 4 bridgehead atoms. The van der Waals surface area contributed by atoms with Gasteiger partial charge in [0.05, 0.1) is 33.1 Å². The summed E-state index contributed by atoms with van der Waals surface area (Å²) in [5.41, 5.74) is 20.1. The lowest BCUT2D eigenvalue weighted by molar-refractivity contribution is 0.0732. The van der Waals surface area contributed by atoms with Gasteiger partial charge in [-0.15, -0.1) is 0 Å². The van der Waals surface area contributed by atoms with Crippen LogP contribution in [-0.4, -0.2) is 14.6 Å². The number of hydrogen-bond donors (Lipinski definition) is 0. The summed E-state index contributed by atoms with van der Waals surface area (Å²) in [6.45, 7) is 23.8. The molecule has 0 radical (unpaired) electrons. The lowest BCUT2D eigenvalue weighted by Crippen LogP contribution is -2.48. The molecule has 4 aromatic heterocycles. The quantitative estimate of drug-likeness (QED) is 0.149. The maximum atomic E-state index is 14.7. The van der Waals surface area contributed by atoms with E-state index in [0.29, 0.717) is 5.78 Å². The molecule has 0 aliphatic heterocycles. The van der Waals surface area contributed by atoms with Crippen LogP contribution in [0.5, 0.6) is 0 Å². The molecule has 324 valence electrons. The lowest BCUT2D eigenvalue weighted by atomic mass is 9.48. The fraction of sp³-hybridized carbons (Fsp3) is 0.317. The van der Waals surface area contributed by atoms with E-state index in [-0.39, 0.29) is 32.5 Å². The van der Waals surface area contributed by atoms with Crippen LogP contribution in [0, 0.1) is 5.41 Å². The van der Waals surface area contributed by atoms with Crippen molar-refractivity contribution in [2.45, 2.75) is 122 Å². The molecule has 1 saturated carbocycles. The second-order valence-electron chi connectivity index (χ2n) is 24.5. The van der Waals surface area contributed by atoms with Crippen molar-refractivity contribution in [2.75, 3.05) is 0 Å². The van der Waals surface area contributed by atoms with Gasteiger partial charge < -0.3 is 8.80 Å². The van der Waals surface area contributed by atoms with Gasteiger partial charge in [-0.3, -0.25) is 4.79 Å². The van der Waals surface area contributed by atoms with Crippen LogP contribution in [0.1, 0.15) is 155 Å². The highest BCUT2D eigenvalue weighted by molar-refractivity contribution is 6.30. The summed E-state index contributed by atoms with van der Waals surface area (Å²) in [4.78, 5) is 14.7. The summed E-state index contributed by atoms with van der Waals surface area (Å²) in [6.07, 6.45) is 4.07. The van der Waals surface area contributed by atoms with Crippen LogP contribution in [0.4, 0.5) is 0 Å². The molecule has 6 aliphatic carbocycles. The Morgan fingerprint density at radius 2 is 0.864 bits per heavy atom. The molecule has 0 saturated heterocycles. The van der Waals surface area contributed by atoms with Gasteiger partial charge in [-0.2, -0.15) is 0 Å². The van der Waals surface area contributed by atoms with Crippen molar-refractivity contribution in [3.8, 4) is 0 Å². The number of aromatic nitrogens is 2. The van der Waals surface area contributed by atoms with E-state index in [9.17, 15) is 4.79 Å². The Balaban J connectivity index is 1.12. The fourth-order valence-electron chi connectivity index (χ4n) is 14.9. The van der Waals surface area contributed by atoms with E-state index in [4.69, 9.17) is 0 Å². The zero-order chi connectivity index (χ0) is 45.1. The van der Waals surface area contributed by atoms with E-state index in [2.05, 4.69) is 187 Å². The smallest absolute Gasteiger partial charge is 0.169 e. The van der Waals surface area contributed by atoms with Crippen molar-refractivity contribution in [1.82, 2.24) is 8.80 Å². The molecule has 3 nitrogen and oxygen atoms in total. The van der Waals surface area contributed by atoms with Gasteiger partial charge in [0, 0.05) is 64.9 Å². The molecule has 17 rings (SSSR count). The first kappa shape index (κ1) is 38.0. The van der Waals surface area contributed by atoms with Crippen LogP contribution in [0.15, 0.2) is 109 Å². The minimum atomic E-state index is -0.325. The number of nitrogens with zero attached hydrogens (tertiary/aromatic N) is 2. The number of ketones is 1. The monoisotopic (exact) mass is 856 g/mol. The van der Waals surface area contributed by atoms with Crippen LogP contribution in [0.3, 0.4) is 0 Å². The molecule has 66 heavy (non-hydrogen) atoms. The highest BCUT2D eigenvalue weighted by atomic mass is 16.1. The molecular weight excluding hydrogens is 801 g/mol. The normalized spacial score (nSPS) is 24.8. The first-order chi connectivity index (χ1) is 31.4. The minimum absolute atomic E-state index is 0.0112. The van der Waals surface area contributed by atoms with Gasteiger partial charge in [0.25, 0.3) is 0 Å². The van der Waals surface area contributed by atoms with Crippen LogP contribution in [0.2, 0.25) is 0 Å². The van der Waals surface area contributed by atoms with E-state index >= 15 is 0 Å². The molecule has 7 aromatic carbocycles. The van der Waals surface area contributed by atoms with Crippen LogP contribution in [-0.2, 0) is 27.1 Å². The molecule has 0 spiro atoms. The second-order valence-corrected chi connectivity index (χ2v) is 24.5. The van der Waals surface area contributed by atoms with Crippen molar-refractivity contribution in [1.29, 1.82) is 0 Å². The largest absolute Gasteiger partial charge is 0.308 e. The molecule has 6 aliphatic rings. The highest BCUT2D eigenvalue weighted by Crippen LogP contribution is 2.64. The zero-order valence-electron chi connectivity index (χ0n) is 40.0. The van der Waals surface area contributed by atoms with Gasteiger partial charge in [0.1, 0.15) is 0 Å². The first-order valence-corrected chi connectivity index (χ1v) is 24.6. The molecule has 0 N–H and O–H groups in total. The fourth-order valence-corrected chi connectivity index (χ4v) is 14.9. The van der Waals surface area contributed by atoms with E-state index in [1.54, 1.807) is 0 Å². The average molecular weight is 857 g/mol. The molecule has 11 aromatic rings. The number of fused-ring (bicyclic) bond motifs is 14. The van der Waals surface area contributed by atoms with Crippen LogP contribution in [0.25, 0.3) is 76.2 Å². The number of benzene rings is 7. The van der Waals surface area contributed by atoms with Crippen LogP contribution < -0.4 is 0 Å². The summed E-state index contributed by atoms with van der Waals surface area (Å²) in [5, 5.41) is 10.5. The molecule has 0 atom stereocenters. The maximum Gasteiger partial charge on any atom is 0.169 e. The van der Waals surface area contributed by atoms with E-state index in [1.807, 2.05) is 0 Å². The Bertz CT molecular complexity index is 4040. The van der Waals surface area contributed by atoms with E-state index in [1.165, 1.54) is 121 Å². The van der Waals surface area contributed by atoms with Gasteiger partial charge in [0.15, 0.2) is 5.78 Å². The molecule has 0 amide bonds. The Kier molecular flexibility index (Phi) is 6.41. The van der Waals surface area contributed by atoms with Gasteiger partial charge in [0.2, 0.25) is 0 Å². The highest BCUT2D eigenvalue weighted by Gasteiger charge is 2.56. The number of Topliss-reactive ketones (excluding diaryl/α,β-unsaturated/α-hetero) is 1. The SMILES string of the molecule is CC12CCC(C)(CC1)c1cc3c4cc(C(C)(C)C)cc5c6cc7c(cc6n(c3cc1C2=O)c45)c1cc(C(C)(C)C)cc2c3c4c(ccc3n7c12)C1(C)c2ccccc2C4(C)c2ccccc21. The van der Waals surface area contributed by atoms with Crippen molar-refractivity contribution >= 4 is 82.0 Å². The number of carbonyl (C=O) groups excluding carboxylic acids is 1. The predicted molar refractivity (Wildman–Crippen MR) is 275 cm³/mol. The third kappa shape index (κ3) is 4.04. The van der Waals surface area contributed by atoms with Crippen LogP contribution >= 0.6 is 0 Å². The third-order valence-corrected chi connectivity index (χ3v) is 18.9. The van der Waals surface area contributed by atoms with Crippen molar-refractivity contribution in [3.05, 3.63) is 165 Å². The van der Waals surface area contributed by atoms with Gasteiger partial charge in [-0.1, -0.05) is 110 Å². The second kappa shape index (κ2) is 11.1. The molecule has 1 fully saturated rings. The van der Waals surface area contributed by atoms with E-state index in [0.717, 1.165) is 36.8 Å². The number of carbonyl (C=O) groups is 1. The Morgan fingerprint density at radius 3 is 1.39 bits per heavy atom. The Morgan fingerprint density at radius 1 is 0.424 bits per heavy atom. The van der Waals surface area contributed by atoms with Crippen molar-refractivity contribution in [3.63, 3.8) is 0 Å². The van der Waals surface area contributed by atoms with Gasteiger partial charge in [-0.05, 0) is 160 Å². The molecule has 3 heteroatoms. The van der Waals surface area contributed by atoms with Crippen molar-refractivity contribution < 1.29 is 4.79 Å². The summed E-state index contributed by atoms with van der Waals surface area (Å²) in [6, 6.07) is 43.4. The van der Waals surface area contributed by atoms with Gasteiger partial charge >= 0.3 is 0 Å². The zero-order valence-corrected chi connectivity index (χ0v) is 40.0. The standard InChI is InChI=1S/C63H56N2O/c1-58(2,3)33-25-38-35-29-48-41(57(66)61(8)23-21-60(48,7)22-24-61)32-52(35)65-51-31-37-40-27-34(59(4,5)6)28-42-53-49(64(56(40)42)50(37)30-36(51)39(26-33)55(38)65)20-19-47-54(53)63(10)45-17-13-11-15-43(45)62(47,9)44-16-12-14-18-46(44)63/h11-20,25-32H,21-24H2,1-10H3. The topological polar surface area (TPSA) is 25.9 Å². The third-order valence-electron chi connectivity index (χ3n) is 18.9. The molecular formula is C63H56N2O. The van der Waals surface area contributed by atoms with Gasteiger partial charge in [-0.25, -0.2) is 0 Å². The molecule has 4 heterocycles. The number of hydrogen-bond acceptors (Lipinski definition) is 1. The van der Waals surface area contributed by atoms with E-state index < -0.39 is 0 Å². The van der Waals surface area contributed by atoms with Crippen molar-refractivity contribution in [2.24, 2.45) is 5.41 Å². The summed E-state index contributed by atoms with van der Waals surface area (Å²) in [7, 11) is 0. The summed E-state index contributed by atoms with van der Waals surface area (Å²) >= 11 is 0. The summed E-state index contributed by atoms with van der Waals surface area (Å²) < 4.78 is 5.19. The Hall–Kier alpha value is -6.19. The summed E-state index contributed by atoms with van der Waals surface area (Å²) in [5.74, 6) is 0.347. The maximum absolute atomic E-state index is 14.7. The predicted octanol–water partition coefficient (Wildman–Crippen LogP) is 16.0. The number of rotatable bonds is 0.